The van der Waals surface area contributed by atoms with Crippen molar-refractivity contribution in [2.45, 2.75) is 56.8 Å². The van der Waals surface area contributed by atoms with Gasteiger partial charge in [-0.2, -0.15) is 0 Å². The van der Waals surface area contributed by atoms with Crippen molar-refractivity contribution in [3.8, 4) is 0 Å². The van der Waals surface area contributed by atoms with E-state index in [4.69, 9.17) is 19.9 Å². The van der Waals surface area contributed by atoms with Gasteiger partial charge in [-0.05, 0) is 18.8 Å². The maximum absolute atomic E-state index is 12.9. The summed E-state index contributed by atoms with van der Waals surface area (Å²) in [5, 5.41) is 10.6. The van der Waals surface area contributed by atoms with E-state index < -0.39 is 23.9 Å². The number of aliphatic hydroxyl groups is 1. The van der Waals surface area contributed by atoms with E-state index in [2.05, 4.69) is 0 Å². The van der Waals surface area contributed by atoms with Gasteiger partial charge in [0.25, 0.3) is 0 Å². The standard InChI is InChI=1S/C18H30N2O6/c19-17(23)26-18(15(21)6-9-25-18)14(13-4-2-1-3-5-13)12-16(22)20-7-10-24-11-8-20/h13-15,21H,1-12H2,(H2,19,23)/t14-,15-,18?/m0/s1. The number of carbonyl (C=O) groups excluding carboxylic acids is 2. The Morgan fingerprint density at radius 3 is 2.42 bits per heavy atom. The third-order valence-corrected chi connectivity index (χ3v) is 5.94. The van der Waals surface area contributed by atoms with Gasteiger partial charge in [-0.25, -0.2) is 4.79 Å². The fraction of sp³-hybridized carbons (Fsp3) is 0.889. The first-order valence-corrected chi connectivity index (χ1v) is 9.69. The molecule has 1 unspecified atom stereocenters. The van der Waals surface area contributed by atoms with Crippen LogP contribution in [0.4, 0.5) is 4.79 Å². The first-order valence-electron chi connectivity index (χ1n) is 9.69. The van der Waals surface area contributed by atoms with Gasteiger partial charge in [-0.3, -0.25) is 4.79 Å². The number of ether oxygens (including phenoxy) is 3. The molecule has 8 nitrogen and oxygen atoms in total. The second kappa shape index (κ2) is 8.54. The van der Waals surface area contributed by atoms with Crippen molar-refractivity contribution in [1.82, 2.24) is 4.90 Å². The average molecular weight is 370 g/mol. The van der Waals surface area contributed by atoms with Gasteiger partial charge in [0.15, 0.2) is 0 Å². The van der Waals surface area contributed by atoms with Crippen LogP contribution >= 0.6 is 0 Å². The normalized spacial score (nSPS) is 31.6. The van der Waals surface area contributed by atoms with E-state index in [0.717, 1.165) is 32.1 Å². The van der Waals surface area contributed by atoms with Crippen LogP contribution in [0, 0.1) is 11.8 Å². The first-order chi connectivity index (χ1) is 12.5. The van der Waals surface area contributed by atoms with Crippen LogP contribution in [0.25, 0.3) is 0 Å². The second-order valence-corrected chi connectivity index (χ2v) is 7.50. The highest BCUT2D eigenvalue weighted by molar-refractivity contribution is 5.77. The molecule has 148 valence electrons. The number of carbonyl (C=O) groups is 2. The van der Waals surface area contributed by atoms with Gasteiger partial charge in [0, 0.05) is 31.8 Å². The van der Waals surface area contributed by atoms with Crippen LogP contribution in [-0.2, 0) is 19.0 Å². The summed E-state index contributed by atoms with van der Waals surface area (Å²) in [6.45, 7) is 2.46. The van der Waals surface area contributed by atoms with Crippen LogP contribution in [0.3, 0.4) is 0 Å². The van der Waals surface area contributed by atoms with E-state index in [9.17, 15) is 14.7 Å². The quantitative estimate of drug-likeness (QED) is 0.747. The summed E-state index contributed by atoms with van der Waals surface area (Å²) in [7, 11) is 0. The molecule has 2 heterocycles. The molecule has 3 N–H and O–H groups in total. The minimum Gasteiger partial charge on any atom is -0.414 e. The monoisotopic (exact) mass is 370 g/mol. The molecule has 2 saturated heterocycles. The smallest absolute Gasteiger partial charge is 0.407 e. The maximum atomic E-state index is 12.9. The fourth-order valence-electron chi connectivity index (χ4n) is 4.62. The zero-order chi connectivity index (χ0) is 18.6. The van der Waals surface area contributed by atoms with E-state index in [0.29, 0.717) is 32.7 Å². The minimum absolute atomic E-state index is 0.0148. The molecule has 0 aromatic rings. The molecular formula is C18H30N2O6. The van der Waals surface area contributed by atoms with Crippen LogP contribution in [0.15, 0.2) is 0 Å². The van der Waals surface area contributed by atoms with Gasteiger partial charge in [0.05, 0.1) is 19.8 Å². The Balaban J connectivity index is 1.83. The highest BCUT2D eigenvalue weighted by Gasteiger charge is 2.56. The highest BCUT2D eigenvalue weighted by Crippen LogP contribution is 2.45. The number of rotatable bonds is 5. The molecule has 26 heavy (non-hydrogen) atoms. The Labute approximate surface area is 153 Å². The van der Waals surface area contributed by atoms with E-state index >= 15 is 0 Å². The molecule has 0 radical (unpaired) electrons. The van der Waals surface area contributed by atoms with Crippen molar-refractivity contribution in [2.24, 2.45) is 17.6 Å². The summed E-state index contributed by atoms with van der Waals surface area (Å²) in [5.41, 5.74) is 5.30. The lowest BCUT2D eigenvalue weighted by Crippen LogP contribution is -2.55. The fourth-order valence-corrected chi connectivity index (χ4v) is 4.62. The average Bonchev–Trinajstić information content (AvgIpc) is 3.01. The Kier molecular flexibility index (Phi) is 6.37. The summed E-state index contributed by atoms with van der Waals surface area (Å²) in [6.07, 6.45) is 3.74. The molecule has 0 aromatic heterocycles. The molecule has 3 aliphatic rings. The Morgan fingerprint density at radius 1 is 1.15 bits per heavy atom. The van der Waals surface area contributed by atoms with Gasteiger partial charge in [0.2, 0.25) is 11.7 Å². The van der Waals surface area contributed by atoms with Gasteiger partial charge in [0.1, 0.15) is 6.10 Å². The third-order valence-electron chi connectivity index (χ3n) is 5.94. The number of morpholine rings is 1. The zero-order valence-electron chi connectivity index (χ0n) is 15.2. The lowest BCUT2D eigenvalue weighted by atomic mass is 9.73. The lowest BCUT2D eigenvalue weighted by molar-refractivity contribution is -0.255. The van der Waals surface area contributed by atoms with Crippen LogP contribution in [0.2, 0.25) is 0 Å². The van der Waals surface area contributed by atoms with Crippen molar-refractivity contribution < 1.29 is 28.9 Å². The number of nitrogens with zero attached hydrogens (tertiary/aromatic N) is 1. The molecule has 3 rings (SSSR count). The largest absolute Gasteiger partial charge is 0.414 e. The molecule has 8 heteroatoms. The van der Waals surface area contributed by atoms with E-state index in [1.807, 2.05) is 0 Å². The van der Waals surface area contributed by atoms with Gasteiger partial charge in [-0.1, -0.05) is 19.3 Å². The highest BCUT2D eigenvalue weighted by atomic mass is 16.7. The zero-order valence-corrected chi connectivity index (χ0v) is 15.2. The number of amides is 2. The third kappa shape index (κ3) is 4.13. The SMILES string of the molecule is NC(=O)OC1([C@@H](CC(=O)N2CCOCC2)C2CCCCC2)OCC[C@@H]1O. The Hall–Kier alpha value is -1.38. The molecule has 2 aliphatic heterocycles. The second-order valence-electron chi connectivity index (χ2n) is 7.50. The van der Waals surface area contributed by atoms with Crippen LogP contribution in [0.5, 0.6) is 0 Å². The predicted molar refractivity (Wildman–Crippen MR) is 92.1 cm³/mol. The summed E-state index contributed by atoms with van der Waals surface area (Å²) in [5.74, 6) is -1.78. The van der Waals surface area contributed by atoms with Crippen LogP contribution in [-0.4, -0.2) is 66.8 Å². The molecule has 1 aliphatic carbocycles. The molecule has 0 bridgehead atoms. The van der Waals surface area contributed by atoms with Crippen molar-refractivity contribution in [3.05, 3.63) is 0 Å². The topological polar surface area (TPSA) is 111 Å². The van der Waals surface area contributed by atoms with Gasteiger partial charge < -0.3 is 30.0 Å². The van der Waals surface area contributed by atoms with E-state index in [-0.39, 0.29) is 24.9 Å². The first kappa shape index (κ1) is 19.4. The molecule has 0 spiro atoms. The number of primary amides is 1. The van der Waals surface area contributed by atoms with E-state index in [1.165, 1.54) is 0 Å². The summed E-state index contributed by atoms with van der Waals surface area (Å²) >= 11 is 0. The Bertz CT molecular complexity index is 504. The molecule has 0 aromatic carbocycles. The summed E-state index contributed by atoms with van der Waals surface area (Å²) in [4.78, 5) is 26.3. The molecule has 2 amide bonds. The lowest BCUT2D eigenvalue weighted by Gasteiger charge is -2.43. The minimum atomic E-state index is -1.52. The molecular weight excluding hydrogens is 340 g/mol. The molecule has 3 fully saturated rings. The molecule has 3 atom stereocenters. The van der Waals surface area contributed by atoms with Crippen molar-refractivity contribution in [1.29, 1.82) is 0 Å². The van der Waals surface area contributed by atoms with Crippen LogP contribution in [0.1, 0.15) is 44.9 Å². The number of hydrogen-bond donors (Lipinski definition) is 2. The van der Waals surface area contributed by atoms with Gasteiger partial charge >= 0.3 is 6.09 Å². The van der Waals surface area contributed by atoms with Crippen molar-refractivity contribution in [2.75, 3.05) is 32.9 Å². The predicted octanol–water partition coefficient (Wildman–Crippen LogP) is 1.00. The number of hydrogen-bond acceptors (Lipinski definition) is 6. The molecule has 1 saturated carbocycles. The maximum Gasteiger partial charge on any atom is 0.407 e. The summed E-state index contributed by atoms with van der Waals surface area (Å²) < 4.78 is 16.5. The van der Waals surface area contributed by atoms with Gasteiger partial charge in [-0.15, -0.1) is 0 Å². The van der Waals surface area contributed by atoms with Crippen molar-refractivity contribution >= 4 is 12.0 Å². The van der Waals surface area contributed by atoms with Crippen LogP contribution < -0.4 is 5.73 Å². The number of nitrogens with two attached hydrogens (primary N) is 1. The Morgan fingerprint density at radius 2 is 1.85 bits per heavy atom. The van der Waals surface area contributed by atoms with Crippen molar-refractivity contribution in [3.63, 3.8) is 0 Å². The van der Waals surface area contributed by atoms with E-state index in [1.54, 1.807) is 4.90 Å². The number of aliphatic hydroxyl groups excluding tert-OH is 1. The summed E-state index contributed by atoms with van der Waals surface area (Å²) in [6, 6.07) is 0.